The molecule has 0 fully saturated rings. The van der Waals surface area contributed by atoms with Crippen molar-refractivity contribution in [2.45, 2.75) is 11.8 Å². The molecule has 0 aliphatic carbocycles. The molecule has 0 saturated heterocycles. The highest BCUT2D eigenvalue weighted by atomic mass is 32.2. The Morgan fingerprint density at radius 1 is 1.38 bits per heavy atom. The third-order valence-corrected chi connectivity index (χ3v) is 5.40. The van der Waals surface area contributed by atoms with E-state index >= 15 is 0 Å². The molecule has 1 N–H and O–H groups in total. The van der Waals surface area contributed by atoms with Gasteiger partial charge in [0.15, 0.2) is 10.9 Å². The Kier molecular flexibility index (Phi) is 5.38. The van der Waals surface area contributed by atoms with Gasteiger partial charge in [-0.3, -0.25) is 20.2 Å². The number of carbonyl (C=O) groups is 1. The molecular weight excluding hydrogens is 374 g/mol. The van der Waals surface area contributed by atoms with Crippen LogP contribution in [-0.2, 0) is 0 Å². The van der Waals surface area contributed by atoms with Gasteiger partial charge in [-0.15, -0.1) is 11.8 Å². The Bertz CT molecular complexity index is 987. The summed E-state index contributed by atoms with van der Waals surface area (Å²) in [7, 11) is 1.42. The minimum absolute atomic E-state index is 0.0828. The van der Waals surface area contributed by atoms with Crippen molar-refractivity contribution in [2.75, 3.05) is 18.2 Å². The predicted octanol–water partition coefficient (Wildman–Crippen LogP) is 4.58. The number of thiazole rings is 1. The molecule has 26 heavy (non-hydrogen) atoms. The number of thioether (sulfide) groups is 1. The number of methoxy groups -OCH3 is 1. The Morgan fingerprint density at radius 2 is 2.15 bits per heavy atom. The SMILES string of the molecule is CCSc1ccccc1C(=O)Nc1nc2c(OC)cc([N+](=O)[O-])cc2s1. The number of ether oxygens (including phenoxy) is 1. The van der Waals surface area contributed by atoms with Crippen LogP contribution >= 0.6 is 23.1 Å². The van der Waals surface area contributed by atoms with E-state index in [-0.39, 0.29) is 11.6 Å². The van der Waals surface area contributed by atoms with Gasteiger partial charge < -0.3 is 4.74 Å². The van der Waals surface area contributed by atoms with E-state index in [1.54, 1.807) is 23.9 Å². The summed E-state index contributed by atoms with van der Waals surface area (Å²) < 4.78 is 5.77. The molecule has 0 aliphatic rings. The molecule has 0 aliphatic heterocycles. The van der Waals surface area contributed by atoms with Gasteiger partial charge in [-0.25, -0.2) is 4.98 Å². The molecule has 0 atom stereocenters. The summed E-state index contributed by atoms with van der Waals surface area (Å²) >= 11 is 2.75. The van der Waals surface area contributed by atoms with Crippen molar-refractivity contribution < 1.29 is 14.5 Å². The van der Waals surface area contributed by atoms with Crippen molar-refractivity contribution in [1.29, 1.82) is 0 Å². The largest absolute Gasteiger partial charge is 0.494 e. The number of rotatable bonds is 6. The first-order valence-electron chi connectivity index (χ1n) is 7.69. The fraction of sp³-hybridized carbons (Fsp3) is 0.176. The number of nitrogens with one attached hydrogen (secondary N) is 1. The molecule has 0 saturated carbocycles. The second-order valence-electron chi connectivity index (χ2n) is 5.15. The van der Waals surface area contributed by atoms with Crippen molar-refractivity contribution in [3.63, 3.8) is 0 Å². The molecule has 2 aromatic carbocycles. The van der Waals surface area contributed by atoms with Crippen LogP contribution in [0, 0.1) is 10.1 Å². The van der Waals surface area contributed by atoms with Crippen LogP contribution in [0.15, 0.2) is 41.3 Å². The van der Waals surface area contributed by atoms with E-state index in [0.29, 0.717) is 26.7 Å². The van der Waals surface area contributed by atoms with Crippen LogP contribution in [0.5, 0.6) is 5.75 Å². The average Bonchev–Trinajstić information content (AvgIpc) is 3.03. The highest BCUT2D eigenvalue weighted by Crippen LogP contribution is 2.36. The van der Waals surface area contributed by atoms with Gasteiger partial charge in [-0.2, -0.15) is 0 Å². The summed E-state index contributed by atoms with van der Waals surface area (Å²) in [6.07, 6.45) is 0. The zero-order chi connectivity index (χ0) is 18.7. The monoisotopic (exact) mass is 389 g/mol. The molecule has 0 radical (unpaired) electrons. The Morgan fingerprint density at radius 3 is 2.85 bits per heavy atom. The molecule has 0 bridgehead atoms. The van der Waals surface area contributed by atoms with Crippen molar-refractivity contribution in [2.24, 2.45) is 0 Å². The van der Waals surface area contributed by atoms with Gasteiger partial charge in [0.1, 0.15) is 5.52 Å². The number of carbonyl (C=O) groups excluding carboxylic acids is 1. The lowest BCUT2D eigenvalue weighted by molar-refractivity contribution is -0.384. The minimum atomic E-state index is -0.488. The van der Waals surface area contributed by atoms with E-state index in [4.69, 9.17) is 4.74 Å². The smallest absolute Gasteiger partial charge is 0.274 e. The van der Waals surface area contributed by atoms with Crippen LogP contribution in [0.25, 0.3) is 10.2 Å². The lowest BCUT2D eigenvalue weighted by Crippen LogP contribution is -2.12. The van der Waals surface area contributed by atoms with Crippen molar-refractivity contribution in [1.82, 2.24) is 4.98 Å². The van der Waals surface area contributed by atoms with Gasteiger partial charge in [-0.1, -0.05) is 30.4 Å². The molecule has 1 amide bonds. The summed E-state index contributed by atoms with van der Waals surface area (Å²) in [5.74, 6) is 0.883. The van der Waals surface area contributed by atoms with Gasteiger partial charge in [0.05, 0.1) is 28.4 Å². The normalized spacial score (nSPS) is 10.7. The summed E-state index contributed by atoms with van der Waals surface area (Å²) in [6, 6.07) is 10.1. The highest BCUT2D eigenvalue weighted by Gasteiger charge is 2.18. The fourth-order valence-electron chi connectivity index (χ4n) is 2.40. The van der Waals surface area contributed by atoms with E-state index in [2.05, 4.69) is 10.3 Å². The standard InChI is InChI=1S/C17H15N3O4S2/c1-3-25-13-7-5-4-6-11(13)16(21)19-17-18-15-12(24-2)8-10(20(22)23)9-14(15)26-17/h4-9H,3H2,1-2H3,(H,18,19,21). The van der Waals surface area contributed by atoms with Crippen molar-refractivity contribution in [3.8, 4) is 5.75 Å². The quantitative estimate of drug-likeness (QED) is 0.377. The zero-order valence-electron chi connectivity index (χ0n) is 14.0. The number of nitro groups is 1. The second-order valence-corrected chi connectivity index (χ2v) is 7.49. The molecule has 3 aromatic rings. The maximum absolute atomic E-state index is 12.6. The van der Waals surface area contributed by atoms with Crippen LogP contribution in [-0.4, -0.2) is 28.7 Å². The number of nitro benzene ring substituents is 1. The minimum Gasteiger partial charge on any atom is -0.494 e. The second kappa shape index (κ2) is 7.71. The Hall–Kier alpha value is -2.65. The number of hydrogen-bond acceptors (Lipinski definition) is 7. The highest BCUT2D eigenvalue weighted by molar-refractivity contribution is 7.99. The van der Waals surface area contributed by atoms with Crippen LogP contribution in [0.1, 0.15) is 17.3 Å². The zero-order valence-corrected chi connectivity index (χ0v) is 15.6. The van der Waals surface area contributed by atoms with Crippen LogP contribution in [0.3, 0.4) is 0 Å². The summed E-state index contributed by atoms with van der Waals surface area (Å²) in [4.78, 5) is 28.4. The van der Waals surface area contributed by atoms with Gasteiger partial charge in [-0.05, 0) is 17.9 Å². The van der Waals surface area contributed by atoms with Crippen LogP contribution in [0.4, 0.5) is 10.8 Å². The molecule has 0 spiro atoms. The summed E-state index contributed by atoms with van der Waals surface area (Å²) in [5, 5.41) is 14.2. The first kappa shape index (κ1) is 18.2. The number of non-ortho nitro benzene ring substituents is 1. The maximum atomic E-state index is 12.6. The number of anilines is 1. The molecular formula is C17H15N3O4S2. The van der Waals surface area contributed by atoms with Gasteiger partial charge in [0.25, 0.3) is 11.6 Å². The molecule has 0 unspecified atom stereocenters. The van der Waals surface area contributed by atoms with E-state index in [1.807, 2.05) is 19.1 Å². The molecule has 9 heteroatoms. The van der Waals surface area contributed by atoms with Crippen molar-refractivity contribution in [3.05, 3.63) is 52.1 Å². The van der Waals surface area contributed by atoms with Crippen LogP contribution < -0.4 is 10.1 Å². The number of aromatic nitrogens is 1. The van der Waals surface area contributed by atoms with E-state index in [1.165, 1.54) is 30.6 Å². The van der Waals surface area contributed by atoms with Gasteiger partial charge in [0, 0.05) is 11.0 Å². The topological polar surface area (TPSA) is 94.4 Å². The van der Waals surface area contributed by atoms with Gasteiger partial charge >= 0.3 is 0 Å². The number of hydrogen-bond donors (Lipinski definition) is 1. The number of amides is 1. The number of benzene rings is 2. The summed E-state index contributed by atoms with van der Waals surface area (Å²) in [6.45, 7) is 2.02. The number of nitrogens with zero attached hydrogens (tertiary/aromatic N) is 2. The van der Waals surface area contributed by atoms with E-state index in [9.17, 15) is 14.9 Å². The third kappa shape index (κ3) is 3.63. The summed E-state index contributed by atoms with van der Waals surface area (Å²) in [5.41, 5.74) is 0.965. The first-order valence-corrected chi connectivity index (χ1v) is 9.49. The number of fused-ring (bicyclic) bond motifs is 1. The molecule has 3 rings (SSSR count). The maximum Gasteiger partial charge on any atom is 0.274 e. The average molecular weight is 389 g/mol. The van der Waals surface area contributed by atoms with Crippen molar-refractivity contribution >= 4 is 50.0 Å². The first-order chi connectivity index (χ1) is 12.5. The Labute approximate surface area is 157 Å². The molecule has 1 heterocycles. The molecule has 7 nitrogen and oxygen atoms in total. The lowest BCUT2D eigenvalue weighted by atomic mass is 10.2. The Balaban J connectivity index is 1.94. The lowest BCUT2D eigenvalue weighted by Gasteiger charge is -2.07. The third-order valence-electron chi connectivity index (χ3n) is 3.53. The fourth-order valence-corrected chi connectivity index (χ4v) is 4.11. The van der Waals surface area contributed by atoms with E-state index in [0.717, 1.165) is 10.6 Å². The predicted molar refractivity (Wildman–Crippen MR) is 104 cm³/mol. The van der Waals surface area contributed by atoms with Crippen LogP contribution in [0.2, 0.25) is 0 Å². The van der Waals surface area contributed by atoms with Gasteiger partial charge in [0.2, 0.25) is 0 Å². The molecule has 1 aromatic heterocycles. The van der Waals surface area contributed by atoms with E-state index < -0.39 is 4.92 Å². The molecule has 134 valence electrons.